The highest BCUT2D eigenvalue weighted by atomic mass is 32.1. The van der Waals surface area contributed by atoms with Gasteiger partial charge in [0.05, 0.1) is 5.60 Å². The van der Waals surface area contributed by atoms with Crippen molar-refractivity contribution in [2.24, 2.45) is 0 Å². The second-order valence-corrected chi connectivity index (χ2v) is 6.43. The summed E-state index contributed by atoms with van der Waals surface area (Å²) >= 11 is 1.72. The second-order valence-electron chi connectivity index (χ2n) is 5.48. The van der Waals surface area contributed by atoms with Crippen molar-refractivity contribution in [2.75, 3.05) is 11.9 Å². The van der Waals surface area contributed by atoms with E-state index in [1.165, 1.54) is 17.5 Å². The van der Waals surface area contributed by atoms with E-state index in [1.54, 1.807) is 11.3 Å². The van der Waals surface area contributed by atoms with Crippen LogP contribution >= 0.6 is 11.3 Å². The van der Waals surface area contributed by atoms with Gasteiger partial charge in [-0.05, 0) is 30.4 Å². The molecule has 1 saturated carbocycles. The lowest BCUT2D eigenvalue weighted by Gasteiger charge is -2.27. The van der Waals surface area contributed by atoms with Crippen molar-refractivity contribution in [1.29, 1.82) is 0 Å². The van der Waals surface area contributed by atoms with Crippen molar-refractivity contribution in [1.82, 2.24) is 4.98 Å². The smallest absolute Gasteiger partial charge is 0.134 e. The Labute approximate surface area is 117 Å². The van der Waals surface area contributed by atoms with Crippen LogP contribution in [0, 0.1) is 0 Å². The summed E-state index contributed by atoms with van der Waals surface area (Å²) in [4.78, 5) is 4.40. The SMILES string of the molecule is OC1(CNc2nccc3sccc23)CCCCCC1. The van der Waals surface area contributed by atoms with Crippen LogP contribution in [0.3, 0.4) is 0 Å². The van der Waals surface area contributed by atoms with Gasteiger partial charge in [0.1, 0.15) is 5.82 Å². The minimum atomic E-state index is -0.559. The molecule has 4 heteroatoms. The second kappa shape index (κ2) is 5.47. The number of aromatic nitrogens is 1. The summed E-state index contributed by atoms with van der Waals surface area (Å²) in [5.74, 6) is 0.899. The van der Waals surface area contributed by atoms with E-state index in [0.717, 1.165) is 36.9 Å². The highest BCUT2D eigenvalue weighted by Crippen LogP contribution is 2.29. The monoisotopic (exact) mass is 276 g/mol. The van der Waals surface area contributed by atoms with E-state index in [2.05, 4.69) is 21.7 Å². The molecule has 3 rings (SSSR count). The molecular formula is C15H20N2OS. The molecule has 0 aromatic carbocycles. The Hall–Kier alpha value is -1.13. The average Bonchev–Trinajstić information content (AvgIpc) is 2.80. The predicted molar refractivity (Wildman–Crippen MR) is 80.8 cm³/mol. The predicted octanol–water partition coefficient (Wildman–Crippen LogP) is 3.79. The number of nitrogens with zero attached hydrogens (tertiary/aromatic N) is 1. The molecule has 2 aromatic heterocycles. The lowest BCUT2D eigenvalue weighted by atomic mass is 9.94. The van der Waals surface area contributed by atoms with E-state index in [0.29, 0.717) is 6.54 Å². The summed E-state index contributed by atoms with van der Waals surface area (Å²) < 4.78 is 1.24. The molecule has 19 heavy (non-hydrogen) atoms. The van der Waals surface area contributed by atoms with Crippen LogP contribution < -0.4 is 5.32 Å². The number of hydrogen-bond acceptors (Lipinski definition) is 4. The molecule has 0 bridgehead atoms. The number of aliphatic hydroxyl groups is 1. The zero-order valence-electron chi connectivity index (χ0n) is 11.1. The third-order valence-corrected chi connectivity index (χ3v) is 4.88. The van der Waals surface area contributed by atoms with Gasteiger partial charge in [0.15, 0.2) is 0 Å². The van der Waals surface area contributed by atoms with Gasteiger partial charge in [-0.2, -0.15) is 0 Å². The first-order chi connectivity index (χ1) is 9.27. The van der Waals surface area contributed by atoms with Gasteiger partial charge in [0.25, 0.3) is 0 Å². The number of nitrogens with one attached hydrogen (secondary N) is 1. The molecule has 102 valence electrons. The Morgan fingerprint density at radius 2 is 2.00 bits per heavy atom. The van der Waals surface area contributed by atoms with Gasteiger partial charge in [-0.15, -0.1) is 11.3 Å². The molecule has 2 heterocycles. The van der Waals surface area contributed by atoms with Crippen LogP contribution in [0.25, 0.3) is 10.1 Å². The van der Waals surface area contributed by atoms with Crippen LogP contribution in [0.15, 0.2) is 23.7 Å². The number of hydrogen-bond donors (Lipinski definition) is 2. The maximum atomic E-state index is 10.6. The first-order valence-electron chi connectivity index (χ1n) is 7.05. The van der Waals surface area contributed by atoms with E-state index < -0.39 is 5.60 Å². The van der Waals surface area contributed by atoms with Gasteiger partial charge >= 0.3 is 0 Å². The summed E-state index contributed by atoms with van der Waals surface area (Å²) in [6.45, 7) is 0.606. The van der Waals surface area contributed by atoms with Gasteiger partial charge in [0, 0.05) is 22.8 Å². The van der Waals surface area contributed by atoms with Crippen molar-refractivity contribution >= 4 is 27.2 Å². The molecule has 0 spiro atoms. The van der Waals surface area contributed by atoms with Crippen LogP contribution in [-0.4, -0.2) is 22.2 Å². The minimum Gasteiger partial charge on any atom is -0.388 e. The average molecular weight is 276 g/mol. The molecule has 0 aliphatic heterocycles. The number of anilines is 1. The van der Waals surface area contributed by atoms with Crippen LogP contribution in [0.2, 0.25) is 0 Å². The van der Waals surface area contributed by atoms with E-state index in [-0.39, 0.29) is 0 Å². The largest absolute Gasteiger partial charge is 0.388 e. The van der Waals surface area contributed by atoms with Crippen LogP contribution in [0.4, 0.5) is 5.82 Å². The lowest BCUT2D eigenvalue weighted by molar-refractivity contribution is 0.0381. The Balaban J connectivity index is 1.73. The molecular weight excluding hydrogens is 256 g/mol. The fourth-order valence-electron chi connectivity index (χ4n) is 2.85. The zero-order valence-corrected chi connectivity index (χ0v) is 11.9. The van der Waals surface area contributed by atoms with E-state index in [1.807, 2.05) is 12.3 Å². The highest BCUT2D eigenvalue weighted by molar-refractivity contribution is 7.17. The molecule has 0 radical (unpaired) electrons. The van der Waals surface area contributed by atoms with E-state index in [4.69, 9.17) is 0 Å². The van der Waals surface area contributed by atoms with Crippen LogP contribution in [0.5, 0.6) is 0 Å². The molecule has 0 saturated heterocycles. The summed E-state index contributed by atoms with van der Waals surface area (Å²) in [7, 11) is 0. The number of fused-ring (bicyclic) bond motifs is 1. The molecule has 0 amide bonds. The molecule has 1 aliphatic rings. The standard InChI is InChI=1S/C15H20N2OS/c18-15(7-3-1-2-4-8-15)11-17-14-12-6-10-19-13(12)5-9-16-14/h5-6,9-10,18H,1-4,7-8,11H2,(H,16,17). The Kier molecular flexibility index (Phi) is 3.71. The van der Waals surface area contributed by atoms with Gasteiger partial charge in [0.2, 0.25) is 0 Å². The lowest BCUT2D eigenvalue weighted by Crippen LogP contribution is -2.36. The highest BCUT2D eigenvalue weighted by Gasteiger charge is 2.27. The minimum absolute atomic E-state index is 0.559. The maximum Gasteiger partial charge on any atom is 0.134 e. The van der Waals surface area contributed by atoms with Crippen molar-refractivity contribution in [2.45, 2.75) is 44.1 Å². The van der Waals surface area contributed by atoms with Crippen LogP contribution in [-0.2, 0) is 0 Å². The molecule has 0 atom stereocenters. The number of thiophene rings is 1. The Morgan fingerprint density at radius 1 is 1.21 bits per heavy atom. The zero-order chi connectivity index (χ0) is 13.1. The van der Waals surface area contributed by atoms with Gasteiger partial charge in [-0.25, -0.2) is 4.98 Å². The Morgan fingerprint density at radius 3 is 2.79 bits per heavy atom. The first-order valence-corrected chi connectivity index (χ1v) is 7.93. The molecule has 3 nitrogen and oxygen atoms in total. The quantitative estimate of drug-likeness (QED) is 0.838. The molecule has 2 N–H and O–H groups in total. The third-order valence-electron chi connectivity index (χ3n) is 4.00. The molecule has 1 fully saturated rings. The summed E-state index contributed by atoms with van der Waals surface area (Å²) in [5, 5.41) is 17.2. The molecule has 1 aliphatic carbocycles. The number of pyridine rings is 1. The topological polar surface area (TPSA) is 45.1 Å². The Bertz CT molecular complexity index is 544. The van der Waals surface area contributed by atoms with Crippen molar-refractivity contribution in [3.05, 3.63) is 23.7 Å². The first kappa shape index (κ1) is 12.9. The van der Waals surface area contributed by atoms with Crippen molar-refractivity contribution in [3.63, 3.8) is 0 Å². The van der Waals surface area contributed by atoms with E-state index in [9.17, 15) is 5.11 Å². The summed E-state index contributed by atoms with van der Waals surface area (Å²) in [5.41, 5.74) is -0.559. The van der Waals surface area contributed by atoms with Crippen LogP contribution in [0.1, 0.15) is 38.5 Å². The van der Waals surface area contributed by atoms with Gasteiger partial charge in [-0.3, -0.25) is 0 Å². The third kappa shape index (κ3) is 2.90. The fourth-order valence-corrected chi connectivity index (χ4v) is 3.63. The molecule has 2 aromatic rings. The fraction of sp³-hybridized carbons (Fsp3) is 0.533. The summed E-state index contributed by atoms with van der Waals surface area (Å²) in [6, 6.07) is 4.12. The normalized spacial score (nSPS) is 19.2. The summed E-state index contributed by atoms with van der Waals surface area (Å²) in [6.07, 6.45) is 8.40. The van der Waals surface area contributed by atoms with Gasteiger partial charge in [-0.1, -0.05) is 25.7 Å². The molecule has 0 unspecified atom stereocenters. The van der Waals surface area contributed by atoms with Gasteiger partial charge < -0.3 is 10.4 Å². The van der Waals surface area contributed by atoms with Crippen molar-refractivity contribution in [3.8, 4) is 0 Å². The van der Waals surface area contributed by atoms with Crippen molar-refractivity contribution < 1.29 is 5.11 Å². The number of rotatable bonds is 3. The van der Waals surface area contributed by atoms with E-state index >= 15 is 0 Å². The maximum absolute atomic E-state index is 10.6.